The predicted molar refractivity (Wildman–Crippen MR) is 77.9 cm³/mol. The minimum Gasteiger partial charge on any atom is -0.364 e. The maximum Gasteiger partial charge on any atom is 0.253 e. The monoisotopic (exact) mass is 289 g/mol. The molecule has 1 amide bonds. The van der Waals surface area contributed by atoms with Crippen LogP contribution in [-0.2, 0) is 9.47 Å². The van der Waals surface area contributed by atoms with E-state index in [-0.39, 0.29) is 18.9 Å². The average molecular weight is 289 g/mol. The van der Waals surface area contributed by atoms with Crippen molar-refractivity contribution in [2.75, 3.05) is 20.4 Å². The van der Waals surface area contributed by atoms with Crippen LogP contribution >= 0.6 is 0 Å². The number of hydrogen-bond acceptors (Lipinski definition) is 4. The first-order chi connectivity index (χ1) is 10.3. The smallest absolute Gasteiger partial charge is 0.253 e. The van der Waals surface area contributed by atoms with Gasteiger partial charge < -0.3 is 19.4 Å². The largest absolute Gasteiger partial charge is 0.364 e. The zero-order chi connectivity index (χ0) is 14.7. The van der Waals surface area contributed by atoms with E-state index in [0.717, 1.165) is 30.5 Å². The molecule has 6 nitrogen and oxygen atoms in total. The number of aromatic nitrogens is 2. The first-order valence-electron chi connectivity index (χ1n) is 7.15. The summed E-state index contributed by atoms with van der Waals surface area (Å²) in [5.41, 5.74) is 2.37. The Kier molecular flexibility index (Phi) is 4.17. The van der Waals surface area contributed by atoms with Crippen LogP contribution in [0.15, 0.2) is 24.5 Å². The maximum atomic E-state index is 11.9. The Hall–Kier alpha value is -1.92. The number of carbonyl (C=O) groups is 1. The zero-order valence-electron chi connectivity index (χ0n) is 12.0. The van der Waals surface area contributed by atoms with Gasteiger partial charge in [-0.05, 0) is 37.5 Å². The highest BCUT2D eigenvalue weighted by Gasteiger charge is 2.18. The number of imidazole rings is 1. The normalized spacial score (nSPS) is 18.8. The summed E-state index contributed by atoms with van der Waals surface area (Å²) in [6.07, 6.45) is 5.13. The molecule has 1 saturated heterocycles. The first kappa shape index (κ1) is 14.0. The molecule has 0 spiro atoms. The summed E-state index contributed by atoms with van der Waals surface area (Å²) in [7, 11) is 1.54. The number of carbonyl (C=O) groups excluding carboxylic acids is 1. The lowest BCUT2D eigenvalue weighted by Gasteiger charge is -2.24. The quantitative estimate of drug-likeness (QED) is 0.875. The van der Waals surface area contributed by atoms with Gasteiger partial charge in [0.25, 0.3) is 5.91 Å². The van der Waals surface area contributed by atoms with Gasteiger partial charge in [0.15, 0.2) is 0 Å². The molecular formula is C15H19N3O3. The summed E-state index contributed by atoms with van der Waals surface area (Å²) >= 11 is 0. The fourth-order valence-corrected chi connectivity index (χ4v) is 2.59. The van der Waals surface area contributed by atoms with Gasteiger partial charge in [0.2, 0.25) is 0 Å². The van der Waals surface area contributed by atoms with E-state index in [9.17, 15) is 4.79 Å². The lowest BCUT2D eigenvalue weighted by atomic mass is 10.1. The van der Waals surface area contributed by atoms with Crippen molar-refractivity contribution in [2.24, 2.45) is 0 Å². The fourth-order valence-electron chi connectivity index (χ4n) is 2.59. The van der Waals surface area contributed by atoms with Crippen LogP contribution in [0, 0.1) is 0 Å². The second-order valence-electron chi connectivity index (χ2n) is 5.12. The molecule has 1 fully saturated rings. The molecule has 1 aliphatic heterocycles. The van der Waals surface area contributed by atoms with Crippen molar-refractivity contribution in [3.63, 3.8) is 0 Å². The third-order valence-electron chi connectivity index (χ3n) is 3.68. The molecule has 0 radical (unpaired) electrons. The molecule has 0 saturated carbocycles. The number of benzene rings is 1. The van der Waals surface area contributed by atoms with Crippen molar-refractivity contribution in [1.29, 1.82) is 0 Å². The topological polar surface area (TPSA) is 65.4 Å². The molecule has 1 aromatic heterocycles. The van der Waals surface area contributed by atoms with Crippen LogP contribution in [-0.4, -0.2) is 35.9 Å². The van der Waals surface area contributed by atoms with E-state index < -0.39 is 0 Å². The van der Waals surface area contributed by atoms with Gasteiger partial charge in [-0.2, -0.15) is 0 Å². The van der Waals surface area contributed by atoms with Crippen molar-refractivity contribution in [3.8, 4) is 0 Å². The van der Waals surface area contributed by atoms with Crippen LogP contribution in [0.1, 0.15) is 35.8 Å². The van der Waals surface area contributed by atoms with Crippen molar-refractivity contribution >= 4 is 16.9 Å². The summed E-state index contributed by atoms with van der Waals surface area (Å²) < 4.78 is 12.7. The fraction of sp³-hybridized carbons (Fsp3) is 0.467. The zero-order valence-corrected chi connectivity index (χ0v) is 12.0. The molecular weight excluding hydrogens is 270 g/mol. The summed E-state index contributed by atoms with van der Waals surface area (Å²) in [6.45, 7) is 0.989. The van der Waals surface area contributed by atoms with Crippen LogP contribution in [0.25, 0.3) is 11.0 Å². The standard InChI is InChI=1S/C15H19N3O3/c1-20-10-17-15(19)11-5-6-13-12(8-11)16-9-18(13)14-4-2-3-7-21-14/h5-6,8-9,14H,2-4,7,10H2,1H3,(H,17,19). The Morgan fingerprint density at radius 2 is 2.43 bits per heavy atom. The lowest BCUT2D eigenvalue weighted by Crippen LogP contribution is -2.25. The number of amides is 1. The molecule has 21 heavy (non-hydrogen) atoms. The molecule has 1 aliphatic rings. The summed E-state index contributed by atoms with van der Waals surface area (Å²) in [5, 5.41) is 2.66. The number of ether oxygens (including phenoxy) is 2. The van der Waals surface area contributed by atoms with Gasteiger partial charge in [0.1, 0.15) is 13.0 Å². The maximum absolute atomic E-state index is 11.9. The molecule has 1 N–H and O–H groups in total. The molecule has 112 valence electrons. The van der Waals surface area contributed by atoms with Gasteiger partial charge in [-0.1, -0.05) is 0 Å². The molecule has 3 rings (SSSR count). The number of fused-ring (bicyclic) bond motifs is 1. The van der Waals surface area contributed by atoms with Gasteiger partial charge in [0.05, 0.1) is 17.4 Å². The van der Waals surface area contributed by atoms with E-state index in [1.807, 2.05) is 10.6 Å². The second-order valence-corrected chi connectivity index (χ2v) is 5.12. The van der Waals surface area contributed by atoms with E-state index in [4.69, 9.17) is 9.47 Å². The van der Waals surface area contributed by atoms with Crippen molar-refractivity contribution in [2.45, 2.75) is 25.5 Å². The summed E-state index contributed by atoms with van der Waals surface area (Å²) in [6, 6.07) is 5.51. The third kappa shape index (κ3) is 2.91. The molecule has 6 heteroatoms. The number of methoxy groups -OCH3 is 1. The number of nitrogens with one attached hydrogen (secondary N) is 1. The van der Waals surface area contributed by atoms with Crippen LogP contribution in [0.2, 0.25) is 0 Å². The highest BCUT2D eigenvalue weighted by atomic mass is 16.5. The van der Waals surface area contributed by atoms with Crippen LogP contribution in [0.5, 0.6) is 0 Å². The SMILES string of the molecule is COCNC(=O)c1ccc2c(c1)ncn2C1CCCCO1. The van der Waals surface area contributed by atoms with E-state index in [1.165, 1.54) is 13.5 Å². The van der Waals surface area contributed by atoms with Crippen LogP contribution in [0.4, 0.5) is 0 Å². The highest BCUT2D eigenvalue weighted by molar-refractivity contribution is 5.97. The number of rotatable bonds is 4. The second kappa shape index (κ2) is 6.24. The predicted octanol–water partition coefficient (Wildman–Crippen LogP) is 2.07. The van der Waals surface area contributed by atoms with Gasteiger partial charge in [-0.15, -0.1) is 0 Å². The third-order valence-corrected chi connectivity index (χ3v) is 3.68. The Morgan fingerprint density at radius 3 is 3.19 bits per heavy atom. The minimum atomic E-state index is -0.165. The Balaban J connectivity index is 1.85. The Bertz CT molecular complexity index is 632. The van der Waals surface area contributed by atoms with E-state index in [2.05, 4.69) is 10.3 Å². The molecule has 1 unspecified atom stereocenters. The average Bonchev–Trinajstić information content (AvgIpc) is 2.96. The van der Waals surface area contributed by atoms with E-state index in [1.54, 1.807) is 18.5 Å². The number of nitrogens with zero attached hydrogens (tertiary/aromatic N) is 2. The van der Waals surface area contributed by atoms with Crippen molar-refractivity contribution in [1.82, 2.24) is 14.9 Å². The van der Waals surface area contributed by atoms with Gasteiger partial charge in [0, 0.05) is 19.3 Å². The summed E-state index contributed by atoms with van der Waals surface area (Å²) in [4.78, 5) is 16.3. The molecule has 0 aliphatic carbocycles. The molecule has 1 atom stereocenters. The number of hydrogen-bond donors (Lipinski definition) is 1. The highest BCUT2D eigenvalue weighted by Crippen LogP contribution is 2.26. The summed E-state index contributed by atoms with van der Waals surface area (Å²) in [5.74, 6) is -0.165. The van der Waals surface area contributed by atoms with Crippen molar-refractivity contribution < 1.29 is 14.3 Å². The molecule has 1 aromatic carbocycles. The Labute approximate surface area is 123 Å². The van der Waals surface area contributed by atoms with Gasteiger partial charge in [-0.3, -0.25) is 4.79 Å². The molecule has 0 bridgehead atoms. The van der Waals surface area contributed by atoms with Crippen molar-refractivity contribution in [3.05, 3.63) is 30.1 Å². The first-order valence-corrected chi connectivity index (χ1v) is 7.15. The van der Waals surface area contributed by atoms with Crippen LogP contribution in [0.3, 0.4) is 0 Å². The minimum absolute atomic E-state index is 0.0527. The molecule has 2 heterocycles. The lowest BCUT2D eigenvalue weighted by molar-refractivity contribution is -0.0295. The Morgan fingerprint density at radius 1 is 1.52 bits per heavy atom. The van der Waals surface area contributed by atoms with Gasteiger partial charge in [-0.25, -0.2) is 4.98 Å². The van der Waals surface area contributed by atoms with Crippen LogP contribution < -0.4 is 5.32 Å². The molecule has 2 aromatic rings. The van der Waals surface area contributed by atoms with E-state index >= 15 is 0 Å². The van der Waals surface area contributed by atoms with E-state index in [0.29, 0.717) is 5.56 Å². The van der Waals surface area contributed by atoms with Gasteiger partial charge >= 0.3 is 0 Å².